The molecular weight excluding hydrogens is 226 g/mol. The van der Waals surface area contributed by atoms with Gasteiger partial charge in [-0.1, -0.05) is 19.9 Å². The molecule has 3 heteroatoms. The van der Waals surface area contributed by atoms with E-state index in [2.05, 4.69) is 38.2 Å². The molecule has 1 heterocycles. The first kappa shape index (κ1) is 13.2. The van der Waals surface area contributed by atoms with Gasteiger partial charge in [0.25, 0.3) is 0 Å². The van der Waals surface area contributed by atoms with Crippen LogP contribution < -0.4 is 14.8 Å². The Labute approximate surface area is 109 Å². The highest BCUT2D eigenvalue weighted by molar-refractivity contribution is 5.44. The molecule has 2 unspecified atom stereocenters. The van der Waals surface area contributed by atoms with Gasteiger partial charge in [-0.25, -0.2) is 0 Å². The molecule has 2 atom stereocenters. The highest BCUT2D eigenvalue weighted by Gasteiger charge is 2.17. The van der Waals surface area contributed by atoms with E-state index in [0.717, 1.165) is 24.5 Å². The Balaban J connectivity index is 2.08. The van der Waals surface area contributed by atoms with Crippen molar-refractivity contribution in [2.45, 2.75) is 39.2 Å². The molecule has 0 fully saturated rings. The maximum absolute atomic E-state index is 5.63. The van der Waals surface area contributed by atoms with Crippen molar-refractivity contribution in [1.82, 2.24) is 5.32 Å². The fourth-order valence-corrected chi connectivity index (χ4v) is 2.18. The zero-order valence-electron chi connectivity index (χ0n) is 11.5. The molecule has 1 aromatic rings. The first-order valence-electron chi connectivity index (χ1n) is 6.85. The highest BCUT2D eigenvalue weighted by atomic mass is 16.6. The van der Waals surface area contributed by atoms with Crippen molar-refractivity contribution in [3.63, 3.8) is 0 Å². The Hall–Kier alpha value is -1.22. The molecule has 3 nitrogen and oxygen atoms in total. The zero-order chi connectivity index (χ0) is 13.0. The molecule has 0 spiro atoms. The zero-order valence-corrected chi connectivity index (χ0v) is 11.5. The summed E-state index contributed by atoms with van der Waals surface area (Å²) >= 11 is 0. The minimum Gasteiger partial charge on any atom is -0.486 e. The van der Waals surface area contributed by atoms with Crippen LogP contribution in [0.3, 0.4) is 0 Å². The molecule has 18 heavy (non-hydrogen) atoms. The Morgan fingerprint density at radius 3 is 2.61 bits per heavy atom. The van der Waals surface area contributed by atoms with Crippen LogP contribution in [0.2, 0.25) is 0 Å². The summed E-state index contributed by atoms with van der Waals surface area (Å²) < 4.78 is 11.2. The second-order valence-corrected chi connectivity index (χ2v) is 4.93. The Kier molecular flexibility index (Phi) is 4.48. The lowest BCUT2D eigenvalue weighted by Gasteiger charge is -2.24. The molecule has 0 bridgehead atoms. The van der Waals surface area contributed by atoms with Gasteiger partial charge in [0.2, 0.25) is 0 Å². The Bertz CT molecular complexity index is 392. The van der Waals surface area contributed by atoms with Gasteiger partial charge < -0.3 is 14.8 Å². The number of nitrogens with one attached hydrogen (secondary N) is 1. The van der Waals surface area contributed by atoms with E-state index in [0.29, 0.717) is 25.2 Å². The summed E-state index contributed by atoms with van der Waals surface area (Å²) in [5, 5.41) is 3.54. The summed E-state index contributed by atoms with van der Waals surface area (Å²) in [4.78, 5) is 0. The van der Waals surface area contributed by atoms with Crippen LogP contribution in [0.5, 0.6) is 11.5 Å². The van der Waals surface area contributed by atoms with Gasteiger partial charge in [0.05, 0.1) is 0 Å². The lowest BCUT2D eigenvalue weighted by molar-refractivity contribution is 0.171. The number of ether oxygens (including phenoxy) is 2. The third kappa shape index (κ3) is 2.96. The van der Waals surface area contributed by atoms with Gasteiger partial charge in [-0.05, 0) is 43.5 Å². The van der Waals surface area contributed by atoms with Crippen LogP contribution in [0.1, 0.15) is 38.7 Å². The molecule has 2 rings (SSSR count). The molecule has 0 radical (unpaired) electrons. The lowest BCUT2D eigenvalue weighted by atomic mass is 9.94. The highest BCUT2D eigenvalue weighted by Crippen LogP contribution is 2.33. The second-order valence-electron chi connectivity index (χ2n) is 4.93. The summed E-state index contributed by atoms with van der Waals surface area (Å²) in [6.07, 6.45) is 1.16. The molecule has 0 saturated carbocycles. The molecule has 1 aliphatic rings. The summed E-state index contributed by atoms with van der Waals surface area (Å²) in [7, 11) is 0. The van der Waals surface area contributed by atoms with Crippen LogP contribution in [-0.2, 0) is 0 Å². The van der Waals surface area contributed by atoms with Gasteiger partial charge >= 0.3 is 0 Å². The molecule has 0 aromatic heterocycles. The molecule has 1 aromatic carbocycles. The van der Waals surface area contributed by atoms with Crippen molar-refractivity contribution < 1.29 is 9.47 Å². The third-order valence-corrected chi connectivity index (χ3v) is 3.56. The van der Waals surface area contributed by atoms with E-state index in [4.69, 9.17) is 9.47 Å². The minimum atomic E-state index is 0.465. The quantitative estimate of drug-likeness (QED) is 0.870. The smallest absolute Gasteiger partial charge is 0.161 e. The Morgan fingerprint density at radius 1 is 1.17 bits per heavy atom. The SMILES string of the molecule is CCCNC(C)C(C)c1ccc2c(c1)OCCO2. The molecule has 0 saturated heterocycles. The van der Waals surface area contributed by atoms with E-state index in [1.807, 2.05) is 6.07 Å². The average Bonchev–Trinajstić information content (AvgIpc) is 2.43. The van der Waals surface area contributed by atoms with Crippen molar-refractivity contribution in [1.29, 1.82) is 0 Å². The molecular formula is C15H23NO2. The number of hydrogen-bond donors (Lipinski definition) is 1. The van der Waals surface area contributed by atoms with Gasteiger partial charge in [-0.15, -0.1) is 0 Å². The summed E-state index contributed by atoms with van der Waals surface area (Å²) in [6.45, 7) is 9.03. The van der Waals surface area contributed by atoms with E-state index in [1.165, 1.54) is 5.56 Å². The van der Waals surface area contributed by atoms with Gasteiger partial charge in [-0.2, -0.15) is 0 Å². The summed E-state index contributed by atoms with van der Waals surface area (Å²) in [6, 6.07) is 6.74. The van der Waals surface area contributed by atoms with E-state index in [-0.39, 0.29) is 0 Å². The van der Waals surface area contributed by atoms with Gasteiger partial charge in [0, 0.05) is 6.04 Å². The molecule has 0 aliphatic carbocycles. The molecule has 0 amide bonds. The van der Waals surface area contributed by atoms with Gasteiger partial charge in [0.1, 0.15) is 13.2 Å². The molecule has 100 valence electrons. The molecule has 1 N–H and O–H groups in total. The van der Waals surface area contributed by atoms with Crippen LogP contribution in [0.25, 0.3) is 0 Å². The minimum absolute atomic E-state index is 0.465. The van der Waals surface area contributed by atoms with Crippen molar-refractivity contribution >= 4 is 0 Å². The number of benzene rings is 1. The van der Waals surface area contributed by atoms with Crippen molar-refractivity contribution in [3.8, 4) is 11.5 Å². The normalized spacial score (nSPS) is 17.3. The standard InChI is InChI=1S/C15H23NO2/c1-4-7-16-12(3)11(2)13-5-6-14-15(10-13)18-9-8-17-14/h5-6,10-12,16H,4,7-9H2,1-3H3. The van der Waals surface area contributed by atoms with Crippen molar-refractivity contribution in [3.05, 3.63) is 23.8 Å². The fraction of sp³-hybridized carbons (Fsp3) is 0.600. The van der Waals surface area contributed by atoms with Crippen molar-refractivity contribution in [2.75, 3.05) is 19.8 Å². The third-order valence-electron chi connectivity index (χ3n) is 3.56. The number of hydrogen-bond acceptors (Lipinski definition) is 3. The monoisotopic (exact) mass is 249 g/mol. The lowest BCUT2D eigenvalue weighted by Crippen LogP contribution is -2.31. The maximum Gasteiger partial charge on any atom is 0.161 e. The fourth-order valence-electron chi connectivity index (χ4n) is 2.18. The van der Waals surface area contributed by atoms with Crippen LogP contribution in [0.4, 0.5) is 0 Å². The van der Waals surface area contributed by atoms with Crippen LogP contribution >= 0.6 is 0 Å². The number of fused-ring (bicyclic) bond motifs is 1. The van der Waals surface area contributed by atoms with E-state index in [1.54, 1.807) is 0 Å². The van der Waals surface area contributed by atoms with Gasteiger partial charge in [-0.3, -0.25) is 0 Å². The summed E-state index contributed by atoms with van der Waals surface area (Å²) in [5.41, 5.74) is 1.30. The number of rotatable bonds is 5. The van der Waals surface area contributed by atoms with Gasteiger partial charge in [0.15, 0.2) is 11.5 Å². The average molecular weight is 249 g/mol. The first-order valence-corrected chi connectivity index (χ1v) is 6.85. The Morgan fingerprint density at radius 2 is 1.89 bits per heavy atom. The van der Waals surface area contributed by atoms with Crippen LogP contribution in [0, 0.1) is 0 Å². The predicted molar refractivity (Wildman–Crippen MR) is 73.6 cm³/mol. The predicted octanol–water partition coefficient (Wildman–Crippen LogP) is 2.95. The molecule has 1 aliphatic heterocycles. The first-order chi connectivity index (χ1) is 8.72. The maximum atomic E-state index is 5.63. The van der Waals surface area contributed by atoms with Crippen molar-refractivity contribution in [2.24, 2.45) is 0 Å². The van der Waals surface area contributed by atoms with Crippen LogP contribution in [0.15, 0.2) is 18.2 Å². The summed E-state index contributed by atoms with van der Waals surface area (Å²) in [5.74, 6) is 2.21. The topological polar surface area (TPSA) is 30.5 Å². The largest absolute Gasteiger partial charge is 0.486 e. The van der Waals surface area contributed by atoms with E-state index < -0.39 is 0 Å². The van der Waals surface area contributed by atoms with Crippen LogP contribution in [-0.4, -0.2) is 25.8 Å². The van der Waals surface area contributed by atoms with E-state index in [9.17, 15) is 0 Å². The van der Waals surface area contributed by atoms with E-state index >= 15 is 0 Å². The second kappa shape index (κ2) is 6.10.